The number of aryl methyl sites for hydroxylation is 1. The molecule has 2 rings (SSSR count). The molecular weight excluding hydrogens is 186 g/mol. The van der Waals surface area contributed by atoms with E-state index in [-0.39, 0.29) is 0 Å². The fourth-order valence-electron chi connectivity index (χ4n) is 2.31. The summed E-state index contributed by atoms with van der Waals surface area (Å²) in [4.78, 5) is 9.07. The van der Waals surface area contributed by atoms with Crippen LogP contribution in [0.3, 0.4) is 0 Å². The Morgan fingerprint density at radius 3 is 2.53 bits per heavy atom. The van der Waals surface area contributed by atoms with Gasteiger partial charge in [-0.05, 0) is 26.2 Å². The molecule has 3 nitrogen and oxygen atoms in total. The van der Waals surface area contributed by atoms with E-state index in [1.165, 1.54) is 25.7 Å². The smallest absolute Gasteiger partial charge is 0.134 e. The average molecular weight is 205 g/mol. The molecule has 15 heavy (non-hydrogen) atoms. The van der Waals surface area contributed by atoms with E-state index in [0.29, 0.717) is 11.7 Å². The summed E-state index contributed by atoms with van der Waals surface area (Å²) < 4.78 is 0. The van der Waals surface area contributed by atoms with Gasteiger partial charge < -0.3 is 5.73 Å². The Hall–Kier alpha value is -1.12. The first-order valence-electron chi connectivity index (χ1n) is 5.85. The molecule has 1 aliphatic carbocycles. The zero-order chi connectivity index (χ0) is 10.8. The highest BCUT2D eigenvalue weighted by Gasteiger charge is 2.21. The van der Waals surface area contributed by atoms with Crippen LogP contribution in [0.2, 0.25) is 0 Å². The van der Waals surface area contributed by atoms with Gasteiger partial charge in [-0.2, -0.15) is 0 Å². The van der Waals surface area contributed by atoms with Crippen LogP contribution in [0.1, 0.15) is 55.6 Å². The Kier molecular flexibility index (Phi) is 2.89. The minimum absolute atomic E-state index is 0.554. The minimum Gasteiger partial charge on any atom is -0.383 e. The van der Waals surface area contributed by atoms with Crippen LogP contribution >= 0.6 is 0 Å². The summed E-state index contributed by atoms with van der Waals surface area (Å²) in [6, 6.07) is 0. The Bertz CT molecular complexity index is 354. The summed E-state index contributed by atoms with van der Waals surface area (Å²) in [5.41, 5.74) is 8.08. The van der Waals surface area contributed by atoms with Gasteiger partial charge in [0.1, 0.15) is 11.6 Å². The lowest BCUT2D eigenvalue weighted by atomic mass is 10.1. The van der Waals surface area contributed by atoms with Crippen molar-refractivity contribution in [3.05, 3.63) is 17.1 Å². The molecule has 1 saturated carbocycles. The lowest BCUT2D eigenvalue weighted by molar-refractivity contribution is 0.661. The number of hydrogen-bond acceptors (Lipinski definition) is 3. The normalized spacial score (nSPS) is 17.2. The number of hydrogen-bond donors (Lipinski definition) is 1. The minimum atomic E-state index is 0.554. The Labute approximate surface area is 91.1 Å². The van der Waals surface area contributed by atoms with Gasteiger partial charge in [0, 0.05) is 17.2 Å². The van der Waals surface area contributed by atoms with Crippen molar-refractivity contribution in [1.29, 1.82) is 0 Å². The molecule has 0 radical (unpaired) electrons. The fraction of sp³-hybridized carbons (Fsp3) is 0.667. The van der Waals surface area contributed by atoms with Crippen LogP contribution in [0.15, 0.2) is 0 Å². The summed E-state index contributed by atoms with van der Waals surface area (Å²) in [5, 5.41) is 0. The zero-order valence-corrected chi connectivity index (χ0v) is 9.58. The molecule has 0 bridgehead atoms. The van der Waals surface area contributed by atoms with Gasteiger partial charge in [-0.25, -0.2) is 9.97 Å². The molecular formula is C12H19N3. The predicted molar refractivity (Wildman–Crippen MR) is 61.8 cm³/mol. The fourth-order valence-corrected chi connectivity index (χ4v) is 2.31. The van der Waals surface area contributed by atoms with Crippen molar-refractivity contribution < 1.29 is 0 Å². The number of nitrogens with two attached hydrogens (primary N) is 1. The van der Waals surface area contributed by atoms with Crippen molar-refractivity contribution in [2.45, 2.75) is 51.9 Å². The van der Waals surface area contributed by atoms with E-state index in [2.05, 4.69) is 16.9 Å². The molecule has 0 atom stereocenters. The van der Waals surface area contributed by atoms with Crippen molar-refractivity contribution in [1.82, 2.24) is 9.97 Å². The Morgan fingerprint density at radius 2 is 1.93 bits per heavy atom. The second-order valence-electron chi connectivity index (χ2n) is 4.37. The predicted octanol–water partition coefficient (Wildman–Crippen LogP) is 2.59. The van der Waals surface area contributed by atoms with E-state index in [4.69, 9.17) is 5.73 Å². The molecule has 0 aromatic carbocycles. The molecule has 3 heteroatoms. The number of rotatable bonds is 2. The highest BCUT2D eigenvalue weighted by atomic mass is 15.0. The standard InChI is InChI=1S/C12H19N3/c1-3-10-8(2)11(13)15-12(14-10)9-6-4-5-7-9/h9H,3-7H2,1-2H3,(H2,13,14,15). The molecule has 2 N–H and O–H groups in total. The number of anilines is 1. The molecule has 0 spiro atoms. The van der Waals surface area contributed by atoms with Crippen LogP contribution in [0, 0.1) is 6.92 Å². The molecule has 1 aromatic rings. The van der Waals surface area contributed by atoms with Crippen molar-refractivity contribution in [3.8, 4) is 0 Å². The Balaban J connectivity index is 2.35. The first-order valence-corrected chi connectivity index (χ1v) is 5.85. The van der Waals surface area contributed by atoms with Crippen LogP contribution in [-0.2, 0) is 6.42 Å². The average Bonchev–Trinajstić information content (AvgIpc) is 2.75. The molecule has 0 aliphatic heterocycles. The summed E-state index contributed by atoms with van der Waals surface area (Å²) in [6.07, 6.45) is 6.02. The van der Waals surface area contributed by atoms with Crippen LogP contribution in [0.5, 0.6) is 0 Å². The SMILES string of the molecule is CCc1nc(C2CCCC2)nc(N)c1C. The maximum Gasteiger partial charge on any atom is 0.134 e. The monoisotopic (exact) mass is 205 g/mol. The van der Waals surface area contributed by atoms with Crippen molar-refractivity contribution >= 4 is 5.82 Å². The molecule has 82 valence electrons. The van der Waals surface area contributed by atoms with Gasteiger partial charge in [0.2, 0.25) is 0 Å². The van der Waals surface area contributed by atoms with E-state index in [1.807, 2.05) is 6.92 Å². The number of aromatic nitrogens is 2. The van der Waals surface area contributed by atoms with Crippen molar-refractivity contribution in [3.63, 3.8) is 0 Å². The third-order valence-electron chi connectivity index (χ3n) is 3.36. The molecule has 1 fully saturated rings. The zero-order valence-electron chi connectivity index (χ0n) is 9.58. The summed E-state index contributed by atoms with van der Waals surface area (Å²) in [6.45, 7) is 4.12. The van der Waals surface area contributed by atoms with E-state index >= 15 is 0 Å². The summed E-state index contributed by atoms with van der Waals surface area (Å²) in [5.74, 6) is 2.20. The van der Waals surface area contributed by atoms with Crippen LogP contribution in [0.4, 0.5) is 5.82 Å². The van der Waals surface area contributed by atoms with Crippen LogP contribution < -0.4 is 5.73 Å². The van der Waals surface area contributed by atoms with Crippen LogP contribution in [-0.4, -0.2) is 9.97 Å². The van der Waals surface area contributed by atoms with Gasteiger partial charge in [-0.15, -0.1) is 0 Å². The third kappa shape index (κ3) is 1.96. The number of nitrogen functional groups attached to an aromatic ring is 1. The first-order chi connectivity index (χ1) is 7.22. The van der Waals surface area contributed by atoms with E-state index < -0.39 is 0 Å². The highest BCUT2D eigenvalue weighted by molar-refractivity contribution is 5.41. The summed E-state index contributed by atoms with van der Waals surface area (Å²) in [7, 11) is 0. The molecule has 0 saturated heterocycles. The lowest BCUT2D eigenvalue weighted by Gasteiger charge is -2.12. The second-order valence-corrected chi connectivity index (χ2v) is 4.37. The Morgan fingerprint density at radius 1 is 1.27 bits per heavy atom. The van der Waals surface area contributed by atoms with Gasteiger partial charge >= 0.3 is 0 Å². The third-order valence-corrected chi connectivity index (χ3v) is 3.36. The quantitative estimate of drug-likeness (QED) is 0.807. The van der Waals surface area contributed by atoms with Gasteiger partial charge in [0.15, 0.2) is 0 Å². The lowest BCUT2D eigenvalue weighted by Crippen LogP contribution is -2.09. The molecule has 0 unspecified atom stereocenters. The highest BCUT2D eigenvalue weighted by Crippen LogP contribution is 2.33. The van der Waals surface area contributed by atoms with Gasteiger partial charge in [-0.1, -0.05) is 19.8 Å². The molecule has 1 heterocycles. The maximum atomic E-state index is 5.91. The van der Waals surface area contributed by atoms with E-state index in [9.17, 15) is 0 Å². The van der Waals surface area contributed by atoms with Crippen LogP contribution in [0.25, 0.3) is 0 Å². The summed E-state index contributed by atoms with van der Waals surface area (Å²) >= 11 is 0. The molecule has 1 aromatic heterocycles. The van der Waals surface area contributed by atoms with E-state index in [0.717, 1.165) is 23.5 Å². The first kappa shape index (κ1) is 10.4. The molecule has 1 aliphatic rings. The maximum absolute atomic E-state index is 5.91. The largest absolute Gasteiger partial charge is 0.383 e. The van der Waals surface area contributed by atoms with Gasteiger partial charge in [-0.3, -0.25) is 0 Å². The second kappa shape index (κ2) is 4.17. The topological polar surface area (TPSA) is 51.8 Å². The van der Waals surface area contributed by atoms with Crippen molar-refractivity contribution in [2.75, 3.05) is 5.73 Å². The molecule has 0 amide bonds. The number of nitrogens with zero attached hydrogens (tertiary/aromatic N) is 2. The van der Waals surface area contributed by atoms with Gasteiger partial charge in [0.25, 0.3) is 0 Å². The van der Waals surface area contributed by atoms with Crippen molar-refractivity contribution in [2.24, 2.45) is 0 Å². The van der Waals surface area contributed by atoms with E-state index in [1.54, 1.807) is 0 Å². The van der Waals surface area contributed by atoms with Gasteiger partial charge in [0.05, 0.1) is 0 Å².